The molecule has 1 rings (SSSR count). The molecule has 2 nitrogen and oxygen atoms in total. The van der Waals surface area contributed by atoms with Crippen LogP contribution in [0, 0.1) is 0 Å². The fraction of sp³-hybridized carbons (Fsp3) is 1.00. The van der Waals surface area contributed by atoms with Crippen molar-refractivity contribution in [3.05, 3.63) is 0 Å². The van der Waals surface area contributed by atoms with E-state index in [1.807, 2.05) is 0 Å². The van der Waals surface area contributed by atoms with Crippen molar-refractivity contribution in [3.8, 4) is 0 Å². The van der Waals surface area contributed by atoms with Gasteiger partial charge in [-0.3, -0.25) is 0 Å². The predicted molar refractivity (Wildman–Crippen MR) is 51.3 cm³/mol. The Hall–Kier alpha value is -0.0800. The summed E-state index contributed by atoms with van der Waals surface area (Å²) in [5, 5.41) is 3.59. The van der Waals surface area contributed by atoms with E-state index < -0.39 is 0 Å². The lowest BCUT2D eigenvalue weighted by Gasteiger charge is -2.28. The van der Waals surface area contributed by atoms with Crippen LogP contribution in [0.2, 0.25) is 0 Å². The number of hydrogen-bond acceptors (Lipinski definition) is 2. The molecular weight excluding hydrogens is 150 g/mol. The first-order valence-electron chi connectivity index (χ1n) is 4.94. The summed E-state index contributed by atoms with van der Waals surface area (Å²) >= 11 is 0. The second-order valence-electron chi connectivity index (χ2n) is 4.38. The zero-order valence-electron chi connectivity index (χ0n) is 8.68. The van der Waals surface area contributed by atoms with E-state index in [1.165, 1.54) is 0 Å². The summed E-state index contributed by atoms with van der Waals surface area (Å²) in [6, 6.07) is 0.479. The first-order valence-corrected chi connectivity index (χ1v) is 4.94. The van der Waals surface area contributed by atoms with E-state index in [0.29, 0.717) is 12.1 Å². The van der Waals surface area contributed by atoms with Crippen LogP contribution in [0.25, 0.3) is 0 Å². The summed E-state index contributed by atoms with van der Waals surface area (Å²) in [7, 11) is 0. The highest BCUT2D eigenvalue weighted by Gasteiger charge is 2.28. The maximum atomic E-state index is 5.74. The monoisotopic (exact) mass is 171 g/mol. The molecule has 72 valence electrons. The van der Waals surface area contributed by atoms with Gasteiger partial charge >= 0.3 is 0 Å². The van der Waals surface area contributed by atoms with Crippen molar-refractivity contribution in [2.75, 3.05) is 6.61 Å². The molecule has 1 heterocycles. The lowest BCUT2D eigenvalue weighted by atomic mass is 10.00. The Labute approximate surface area is 75.7 Å². The number of ether oxygens (including phenoxy) is 1. The smallest absolute Gasteiger partial charge is 0.0722 e. The van der Waals surface area contributed by atoms with Gasteiger partial charge in [-0.1, -0.05) is 6.92 Å². The minimum Gasteiger partial charge on any atom is -0.377 e. The Morgan fingerprint density at radius 2 is 2.17 bits per heavy atom. The van der Waals surface area contributed by atoms with E-state index in [1.54, 1.807) is 0 Å². The van der Waals surface area contributed by atoms with Crippen LogP contribution in [0.3, 0.4) is 0 Å². The SMILES string of the molecule is CCC1OCCC(C)(C)NC1C. The minimum absolute atomic E-state index is 0.239. The molecule has 12 heavy (non-hydrogen) atoms. The van der Waals surface area contributed by atoms with Crippen molar-refractivity contribution in [3.63, 3.8) is 0 Å². The quantitative estimate of drug-likeness (QED) is 0.651. The molecule has 0 spiro atoms. The molecule has 0 aromatic heterocycles. The second-order valence-corrected chi connectivity index (χ2v) is 4.38. The summed E-state index contributed by atoms with van der Waals surface area (Å²) < 4.78 is 5.74. The van der Waals surface area contributed by atoms with Gasteiger partial charge in [0.05, 0.1) is 6.10 Å². The van der Waals surface area contributed by atoms with Crippen LogP contribution < -0.4 is 5.32 Å². The first kappa shape index (κ1) is 10.0. The van der Waals surface area contributed by atoms with Gasteiger partial charge in [-0.15, -0.1) is 0 Å². The van der Waals surface area contributed by atoms with Crippen LogP contribution in [-0.4, -0.2) is 24.3 Å². The summed E-state index contributed by atoms with van der Waals surface area (Å²) in [5.74, 6) is 0. The predicted octanol–water partition coefficient (Wildman–Crippen LogP) is 1.94. The number of hydrogen-bond donors (Lipinski definition) is 1. The third-order valence-electron chi connectivity index (χ3n) is 2.64. The molecule has 0 amide bonds. The van der Waals surface area contributed by atoms with Gasteiger partial charge in [-0.05, 0) is 33.6 Å². The van der Waals surface area contributed by atoms with Crippen molar-refractivity contribution >= 4 is 0 Å². The Bertz CT molecular complexity index is 145. The molecule has 1 saturated heterocycles. The maximum Gasteiger partial charge on any atom is 0.0722 e. The molecule has 0 bridgehead atoms. The molecular formula is C10H21NO. The topological polar surface area (TPSA) is 21.3 Å². The Morgan fingerprint density at radius 3 is 2.75 bits per heavy atom. The van der Waals surface area contributed by atoms with Gasteiger partial charge in [0, 0.05) is 18.2 Å². The van der Waals surface area contributed by atoms with Crippen molar-refractivity contribution < 1.29 is 4.74 Å². The highest BCUT2D eigenvalue weighted by molar-refractivity contribution is 4.86. The van der Waals surface area contributed by atoms with E-state index in [-0.39, 0.29) is 5.54 Å². The van der Waals surface area contributed by atoms with Crippen LogP contribution >= 0.6 is 0 Å². The number of nitrogens with one attached hydrogen (secondary N) is 1. The molecule has 0 aromatic carbocycles. The molecule has 1 N–H and O–H groups in total. The van der Waals surface area contributed by atoms with Gasteiger partial charge in [0.1, 0.15) is 0 Å². The summed E-state index contributed by atoms with van der Waals surface area (Å²) in [6.07, 6.45) is 2.60. The van der Waals surface area contributed by atoms with E-state index >= 15 is 0 Å². The van der Waals surface area contributed by atoms with Gasteiger partial charge < -0.3 is 10.1 Å². The van der Waals surface area contributed by atoms with Crippen molar-refractivity contribution in [2.45, 2.75) is 58.2 Å². The molecule has 1 aliphatic heterocycles. The van der Waals surface area contributed by atoms with Crippen LogP contribution in [0.1, 0.15) is 40.5 Å². The summed E-state index contributed by atoms with van der Waals surface area (Å²) in [5.41, 5.74) is 0.239. The van der Waals surface area contributed by atoms with Gasteiger partial charge in [-0.25, -0.2) is 0 Å². The van der Waals surface area contributed by atoms with Crippen molar-refractivity contribution in [1.82, 2.24) is 5.32 Å². The van der Waals surface area contributed by atoms with Gasteiger partial charge in [0.2, 0.25) is 0 Å². The van der Waals surface area contributed by atoms with Crippen LogP contribution in [-0.2, 0) is 4.74 Å². The molecule has 2 atom stereocenters. The molecule has 1 fully saturated rings. The molecule has 2 unspecified atom stereocenters. The normalized spacial score (nSPS) is 36.0. The zero-order chi connectivity index (χ0) is 9.19. The second kappa shape index (κ2) is 3.75. The fourth-order valence-electron chi connectivity index (χ4n) is 1.86. The van der Waals surface area contributed by atoms with Gasteiger partial charge in [0.15, 0.2) is 0 Å². The van der Waals surface area contributed by atoms with Crippen molar-refractivity contribution in [1.29, 1.82) is 0 Å². The van der Waals surface area contributed by atoms with Crippen LogP contribution in [0.15, 0.2) is 0 Å². The average Bonchev–Trinajstić information content (AvgIpc) is 2.07. The van der Waals surface area contributed by atoms with Crippen molar-refractivity contribution in [2.24, 2.45) is 0 Å². The van der Waals surface area contributed by atoms with Crippen LogP contribution in [0.4, 0.5) is 0 Å². The molecule has 0 aromatic rings. The highest BCUT2D eigenvalue weighted by Crippen LogP contribution is 2.18. The fourth-order valence-corrected chi connectivity index (χ4v) is 1.86. The molecule has 0 saturated carbocycles. The Balaban J connectivity index is 2.56. The standard InChI is InChI=1S/C10H21NO/c1-5-9-8(2)11-10(3,4)6-7-12-9/h8-9,11H,5-7H2,1-4H3. The lowest BCUT2D eigenvalue weighted by molar-refractivity contribution is 0.0444. The Morgan fingerprint density at radius 1 is 1.50 bits per heavy atom. The average molecular weight is 171 g/mol. The van der Waals surface area contributed by atoms with E-state index in [0.717, 1.165) is 19.4 Å². The third kappa shape index (κ3) is 2.46. The van der Waals surface area contributed by atoms with E-state index in [2.05, 4.69) is 33.0 Å². The minimum atomic E-state index is 0.239. The first-order chi connectivity index (χ1) is 5.55. The zero-order valence-corrected chi connectivity index (χ0v) is 8.68. The Kier molecular flexibility index (Phi) is 3.13. The molecule has 2 heteroatoms. The highest BCUT2D eigenvalue weighted by atomic mass is 16.5. The molecule has 1 aliphatic rings. The maximum absolute atomic E-state index is 5.74. The lowest BCUT2D eigenvalue weighted by Crippen LogP contribution is -2.47. The summed E-state index contributed by atoms with van der Waals surface area (Å²) in [4.78, 5) is 0. The van der Waals surface area contributed by atoms with Gasteiger partial charge in [-0.2, -0.15) is 0 Å². The van der Waals surface area contributed by atoms with E-state index in [4.69, 9.17) is 4.74 Å². The van der Waals surface area contributed by atoms with E-state index in [9.17, 15) is 0 Å². The van der Waals surface area contributed by atoms with Crippen LogP contribution in [0.5, 0.6) is 0 Å². The third-order valence-corrected chi connectivity index (χ3v) is 2.64. The summed E-state index contributed by atoms with van der Waals surface area (Å²) in [6.45, 7) is 9.76. The van der Waals surface area contributed by atoms with Gasteiger partial charge in [0.25, 0.3) is 0 Å². The largest absolute Gasteiger partial charge is 0.377 e. The molecule has 0 radical (unpaired) electrons. The number of rotatable bonds is 1. The molecule has 0 aliphatic carbocycles.